The van der Waals surface area contributed by atoms with Crippen molar-refractivity contribution in [2.45, 2.75) is 6.42 Å². The Morgan fingerprint density at radius 3 is 2.58 bits per heavy atom. The zero-order valence-corrected chi connectivity index (χ0v) is 13.7. The number of fused-ring (bicyclic) bond motifs is 1. The van der Waals surface area contributed by atoms with Crippen molar-refractivity contribution in [1.82, 2.24) is 9.97 Å². The normalized spacial score (nSPS) is 11.1. The molecule has 0 aliphatic rings. The highest BCUT2D eigenvalue weighted by molar-refractivity contribution is 5.83. The molecule has 1 aromatic heterocycles. The maximum absolute atomic E-state index is 11.9. The number of phenolic OH excluding ortho intramolecular Hbond substituents is 1. The summed E-state index contributed by atoms with van der Waals surface area (Å²) in [5, 5.41) is 15.3. The van der Waals surface area contributed by atoms with E-state index in [1.54, 1.807) is 24.5 Å². The van der Waals surface area contributed by atoms with Crippen molar-refractivity contribution in [2.24, 2.45) is 0 Å². The average Bonchev–Trinajstić information content (AvgIpc) is 3.13. The lowest BCUT2D eigenvalue weighted by Gasteiger charge is -2.15. The van der Waals surface area contributed by atoms with E-state index in [1.807, 2.05) is 24.3 Å². The first kappa shape index (κ1) is 15.9. The minimum Gasteiger partial charge on any atom is -0.508 e. The molecular formula is C19H16N4O3. The number of hydrogen-bond acceptors (Lipinski definition) is 6. The number of anilines is 3. The molecular weight excluding hydrogens is 332 g/mol. The first-order valence-electron chi connectivity index (χ1n) is 8.17. The van der Waals surface area contributed by atoms with Crippen LogP contribution in [0.3, 0.4) is 0 Å². The lowest BCUT2D eigenvalue weighted by Crippen LogP contribution is -2.37. The SMILES string of the molecule is O=c1c(NCCc2ccc(O)cc2)c(Nc2ccc3nc[nH]c3c2)c1=O. The van der Waals surface area contributed by atoms with Gasteiger partial charge in [-0.3, -0.25) is 9.59 Å². The molecule has 0 unspecified atom stereocenters. The molecule has 0 atom stereocenters. The maximum Gasteiger partial charge on any atom is 0.253 e. The maximum atomic E-state index is 11.9. The zero-order valence-electron chi connectivity index (χ0n) is 13.7. The van der Waals surface area contributed by atoms with Crippen molar-refractivity contribution in [3.05, 3.63) is 74.8 Å². The number of aromatic nitrogens is 2. The van der Waals surface area contributed by atoms with Gasteiger partial charge in [0, 0.05) is 12.2 Å². The number of nitrogens with one attached hydrogen (secondary N) is 3. The molecule has 4 aromatic rings. The lowest BCUT2D eigenvalue weighted by atomic mass is 10.1. The van der Waals surface area contributed by atoms with Crippen LogP contribution in [0.15, 0.2) is 58.4 Å². The predicted octanol–water partition coefficient (Wildman–Crippen LogP) is 2.26. The van der Waals surface area contributed by atoms with Gasteiger partial charge in [-0.15, -0.1) is 0 Å². The molecule has 3 aromatic carbocycles. The summed E-state index contributed by atoms with van der Waals surface area (Å²) in [5.41, 5.74) is 2.94. The predicted molar refractivity (Wildman–Crippen MR) is 101 cm³/mol. The Morgan fingerprint density at radius 1 is 1.00 bits per heavy atom. The number of nitrogens with zero attached hydrogens (tertiary/aromatic N) is 1. The van der Waals surface area contributed by atoms with Gasteiger partial charge in [-0.05, 0) is 42.3 Å². The van der Waals surface area contributed by atoms with Crippen LogP contribution >= 0.6 is 0 Å². The Balaban J connectivity index is 1.46. The van der Waals surface area contributed by atoms with Crippen LogP contribution in [0.25, 0.3) is 11.0 Å². The summed E-state index contributed by atoms with van der Waals surface area (Å²) in [4.78, 5) is 30.9. The van der Waals surface area contributed by atoms with E-state index in [-0.39, 0.29) is 11.4 Å². The number of hydrogen-bond donors (Lipinski definition) is 4. The summed E-state index contributed by atoms with van der Waals surface area (Å²) in [7, 11) is 0. The molecule has 0 bridgehead atoms. The quantitative estimate of drug-likeness (QED) is 0.398. The molecule has 0 saturated heterocycles. The van der Waals surface area contributed by atoms with Gasteiger partial charge < -0.3 is 20.7 Å². The second kappa shape index (κ2) is 6.36. The highest BCUT2D eigenvalue weighted by Gasteiger charge is 2.20. The minimum atomic E-state index is -0.526. The number of aromatic hydroxyl groups is 1. The summed E-state index contributed by atoms with van der Waals surface area (Å²) in [6, 6.07) is 12.3. The first-order chi connectivity index (χ1) is 12.6. The van der Waals surface area contributed by atoms with Crippen LogP contribution in [0, 0.1) is 0 Å². The van der Waals surface area contributed by atoms with Gasteiger partial charge in [0.05, 0.1) is 17.4 Å². The summed E-state index contributed by atoms with van der Waals surface area (Å²) in [6.45, 7) is 0.504. The summed E-state index contributed by atoms with van der Waals surface area (Å²) < 4.78 is 0. The molecule has 130 valence electrons. The molecule has 0 amide bonds. The third kappa shape index (κ3) is 2.90. The van der Waals surface area contributed by atoms with Gasteiger partial charge in [-0.2, -0.15) is 0 Å². The molecule has 4 rings (SSSR count). The van der Waals surface area contributed by atoms with Crippen LogP contribution in [-0.2, 0) is 6.42 Å². The van der Waals surface area contributed by atoms with Crippen molar-refractivity contribution in [3.8, 4) is 5.75 Å². The topological polar surface area (TPSA) is 107 Å². The van der Waals surface area contributed by atoms with Crippen LogP contribution in [0.1, 0.15) is 5.56 Å². The summed E-state index contributed by atoms with van der Waals surface area (Å²) in [6.07, 6.45) is 2.26. The van der Waals surface area contributed by atoms with Crippen molar-refractivity contribution in [1.29, 1.82) is 0 Å². The van der Waals surface area contributed by atoms with E-state index in [9.17, 15) is 14.7 Å². The van der Waals surface area contributed by atoms with Crippen LogP contribution in [0.5, 0.6) is 5.75 Å². The van der Waals surface area contributed by atoms with E-state index in [0.717, 1.165) is 16.6 Å². The van der Waals surface area contributed by atoms with E-state index in [2.05, 4.69) is 20.6 Å². The zero-order chi connectivity index (χ0) is 18.1. The van der Waals surface area contributed by atoms with E-state index in [0.29, 0.717) is 24.3 Å². The largest absolute Gasteiger partial charge is 0.508 e. The third-order valence-corrected chi connectivity index (χ3v) is 4.25. The molecule has 26 heavy (non-hydrogen) atoms. The molecule has 1 heterocycles. The molecule has 0 saturated carbocycles. The number of rotatable bonds is 6. The standard InChI is InChI=1S/C19H16N4O3/c24-13-4-1-11(2-5-13)7-8-20-16-17(19(26)18(16)25)23-12-3-6-14-15(9-12)22-10-21-14/h1-6,9-10,20,23-24H,7-8H2,(H,21,22). The minimum absolute atomic E-state index is 0.213. The second-order valence-electron chi connectivity index (χ2n) is 6.01. The molecule has 0 aliphatic heterocycles. The Bertz CT molecular complexity index is 1140. The number of imidazole rings is 1. The average molecular weight is 348 g/mol. The van der Waals surface area contributed by atoms with E-state index < -0.39 is 10.9 Å². The molecule has 7 nitrogen and oxygen atoms in total. The van der Waals surface area contributed by atoms with Crippen LogP contribution in [-0.4, -0.2) is 21.6 Å². The molecule has 0 spiro atoms. The number of H-pyrrole nitrogens is 1. The fourth-order valence-electron chi connectivity index (χ4n) is 2.83. The van der Waals surface area contributed by atoms with Gasteiger partial charge in [-0.25, -0.2) is 4.98 Å². The fourth-order valence-corrected chi connectivity index (χ4v) is 2.83. The summed E-state index contributed by atoms with van der Waals surface area (Å²) >= 11 is 0. The number of benzene rings is 2. The molecule has 0 radical (unpaired) electrons. The van der Waals surface area contributed by atoms with Crippen LogP contribution in [0.2, 0.25) is 0 Å². The highest BCUT2D eigenvalue weighted by atomic mass is 16.3. The first-order valence-corrected chi connectivity index (χ1v) is 8.17. The van der Waals surface area contributed by atoms with E-state index in [1.165, 1.54) is 0 Å². The Morgan fingerprint density at radius 2 is 1.77 bits per heavy atom. The van der Waals surface area contributed by atoms with Gasteiger partial charge in [0.2, 0.25) is 0 Å². The lowest BCUT2D eigenvalue weighted by molar-refractivity contribution is 0.475. The Labute approximate surface area is 148 Å². The Hall–Kier alpha value is -3.61. The highest BCUT2D eigenvalue weighted by Crippen LogP contribution is 2.23. The second-order valence-corrected chi connectivity index (χ2v) is 6.01. The number of aromatic amines is 1. The van der Waals surface area contributed by atoms with Crippen molar-refractivity contribution >= 4 is 28.1 Å². The van der Waals surface area contributed by atoms with Crippen LogP contribution in [0.4, 0.5) is 17.1 Å². The van der Waals surface area contributed by atoms with Crippen LogP contribution < -0.4 is 21.5 Å². The van der Waals surface area contributed by atoms with Gasteiger partial charge in [0.1, 0.15) is 17.1 Å². The summed E-state index contributed by atoms with van der Waals surface area (Å²) in [5.74, 6) is 0.213. The van der Waals surface area contributed by atoms with E-state index in [4.69, 9.17) is 0 Å². The monoisotopic (exact) mass is 348 g/mol. The number of phenols is 1. The van der Waals surface area contributed by atoms with Gasteiger partial charge in [0.15, 0.2) is 0 Å². The Kier molecular flexibility index (Phi) is 3.89. The third-order valence-electron chi connectivity index (χ3n) is 4.25. The van der Waals surface area contributed by atoms with Gasteiger partial charge in [-0.1, -0.05) is 12.1 Å². The molecule has 0 aliphatic carbocycles. The van der Waals surface area contributed by atoms with Gasteiger partial charge in [0.25, 0.3) is 10.9 Å². The molecule has 0 fully saturated rings. The van der Waals surface area contributed by atoms with Crippen molar-refractivity contribution in [2.75, 3.05) is 17.2 Å². The van der Waals surface area contributed by atoms with E-state index >= 15 is 0 Å². The molecule has 7 heteroatoms. The van der Waals surface area contributed by atoms with Crippen molar-refractivity contribution < 1.29 is 5.11 Å². The fraction of sp³-hybridized carbons (Fsp3) is 0.105. The molecule has 4 N–H and O–H groups in total. The van der Waals surface area contributed by atoms with Crippen molar-refractivity contribution in [3.63, 3.8) is 0 Å². The smallest absolute Gasteiger partial charge is 0.253 e. The van der Waals surface area contributed by atoms with Gasteiger partial charge >= 0.3 is 0 Å².